The standard InChI is InChI=1S/C25H25Cl2N3O3/c1-3-18-6-4-5-13-29(18)23(31)16-8-10-17(11-9-16)28-22-21(27)24(32)30(25(22)33)19-12-7-15(2)20(26)14-19/h7-12,14,18,28H,3-6,13H2,1-2H3. The Bertz CT molecular complexity index is 1140. The number of piperidine rings is 1. The summed E-state index contributed by atoms with van der Waals surface area (Å²) in [7, 11) is 0. The van der Waals surface area contributed by atoms with Crippen molar-refractivity contribution < 1.29 is 14.4 Å². The zero-order chi connectivity index (χ0) is 23.7. The van der Waals surface area contributed by atoms with Crippen LogP contribution in [0, 0.1) is 6.92 Å². The topological polar surface area (TPSA) is 69.7 Å². The third-order valence-electron chi connectivity index (χ3n) is 6.20. The number of benzene rings is 2. The Hall–Kier alpha value is -2.83. The second-order valence-electron chi connectivity index (χ2n) is 8.33. The lowest BCUT2D eigenvalue weighted by Crippen LogP contribution is -2.43. The Morgan fingerprint density at radius 3 is 2.45 bits per heavy atom. The second kappa shape index (κ2) is 9.57. The minimum Gasteiger partial charge on any atom is -0.350 e. The number of likely N-dealkylation sites (tertiary alicyclic amines) is 1. The normalized spacial score (nSPS) is 18.8. The molecule has 1 unspecified atom stereocenters. The van der Waals surface area contributed by atoms with Crippen molar-refractivity contribution in [2.75, 3.05) is 16.8 Å². The molecule has 33 heavy (non-hydrogen) atoms. The number of nitrogens with zero attached hydrogens (tertiary/aromatic N) is 2. The third kappa shape index (κ3) is 4.50. The van der Waals surface area contributed by atoms with E-state index < -0.39 is 11.8 Å². The van der Waals surface area contributed by atoms with E-state index in [0.29, 0.717) is 22.0 Å². The summed E-state index contributed by atoms with van der Waals surface area (Å²) in [6.07, 6.45) is 4.15. The van der Waals surface area contributed by atoms with Crippen LogP contribution in [0.25, 0.3) is 0 Å². The van der Waals surface area contributed by atoms with E-state index in [2.05, 4.69) is 12.2 Å². The summed E-state index contributed by atoms with van der Waals surface area (Å²) in [4.78, 5) is 41.6. The van der Waals surface area contributed by atoms with Gasteiger partial charge in [-0.25, -0.2) is 4.90 Å². The molecule has 172 valence electrons. The summed E-state index contributed by atoms with van der Waals surface area (Å²) in [5.41, 5.74) is 2.31. The average Bonchev–Trinajstić information content (AvgIpc) is 3.04. The minimum atomic E-state index is -0.619. The van der Waals surface area contributed by atoms with Gasteiger partial charge in [0.1, 0.15) is 10.7 Å². The van der Waals surface area contributed by atoms with Gasteiger partial charge in [0.05, 0.1) is 5.69 Å². The van der Waals surface area contributed by atoms with Gasteiger partial charge in [-0.15, -0.1) is 0 Å². The van der Waals surface area contributed by atoms with Gasteiger partial charge in [-0.1, -0.05) is 36.2 Å². The number of carbonyl (C=O) groups excluding carboxylic acids is 3. The van der Waals surface area contributed by atoms with Gasteiger partial charge >= 0.3 is 0 Å². The summed E-state index contributed by atoms with van der Waals surface area (Å²) >= 11 is 12.4. The van der Waals surface area contributed by atoms with Crippen molar-refractivity contribution in [3.63, 3.8) is 0 Å². The largest absolute Gasteiger partial charge is 0.350 e. The van der Waals surface area contributed by atoms with Crippen LogP contribution in [-0.2, 0) is 9.59 Å². The summed E-state index contributed by atoms with van der Waals surface area (Å²) in [6.45, 7) is 4.71. The maximum atomic E-state index is 13.0. The summed E-state index contributed by atoms with van der Waals surface area (Å²) in [5, 5.41) is 3.19. The van der Waals surface area contributed by atoms with Crippen LogP contribution in [0.1, 0.15) is 48.5 Å². The van der Waals surface area contributed by atoms with Gasteiger partial charge in [-0.3, -0.25) is 14.4 Å². The highest BCUT2D eigenvalue weighted by Gasteiger charge is 2.39. The first kappa shape index (κ1) is 23.3. The third-order valence-corrected chi connectivity index (χ3v) is 6.96. The number of amides is 3. The monoisotopic (exact) mass is 485 g/mol. The van der Waals surface area contributed by atoms with E-state index in [-0.39, 0.29) is 22.7 Å². The fourth-order valence-electron chi connectivity index (χ4n) is 4.27. The first-order chi connectivity index (χ1) is 15.8. The summed E-state index contributed by atoms with van der Waals surface area (Å²) < 4.78 is 0. The number of aryl methyl sites for hydroxylation is 1. The van der Waals surface area contributed by atoms with Gasteiger partial charge < -0.3 is 10.2 Å². The zero-order valence-corrected chi connectivity index (χ0v) is 20.0. The molecule has 0 spiro atoms. The van der Waals surface area contributed by atoms with Crippen LogP contribution >= 0.6 is 23.2 Å². The molecule has 0 aromatic heterocycles. The first-order valence-corrected chi connectivity index (χ1v) is 11.8. The smallest absolute Gasteiger partial charge is 0.283 e. The number of imide groups is 1. The molecule has 8 heteroatoms. The molecule has 0 radical (unpaired) electrons. The molecule has 2 aromatic carbocycles. The molecule has 2 aliphatic heterocycles. The van der Waals surface area contributed by atoms with Gasteiger partial charge in [0.2, 0.25) is 0 Å². The number of rotatable bonds is 5. The molecule has 1 N–H and O–H groups in total. The number of halogens is 2. The van der Waals surface area contributed by atoms with Gasteiger partial charge in [-0.05, 0) is 74.6 Å². The fourth-order valence-corrected chi connectivity index (χ4v) is 4.65. The van der Waals surface area contributed by atoms with E-state index in [9.17, 15) is 14.4 Å². The van der Waals surface area contributed by atoms with Crippen LogP contribution in [0.15, 0.2) is 53.2 Å². The molecule has 0 saturated carbocycles. The molecular formula is C25H25Cl2N3O3. The summed E-state index contributed by atoms with van der Waals surface area (Å²) in [6, 6.07) is 12.1. The lowest BCUT2D eigenvalue weighted by atomic mass is 9.99. The number of carbonyl (C=O) groups is 3. The number of anilines is 2. The van der Waals surface area contributed by atoms with Crippen molar-refractivity contribution in [3.05, 3.63) is 69.3 Å². The summed E-state index contributed by atoms with van der Waals surface area (Å²) in [5.74, 6) is -1.17. The molecule has 0 bridgehead atoms. The highest BCUT2D eigenvalue weighted by molar-refractivity contribution is 6.53. The quantitative estimate of drug-likeness (QED) is 0.568. The molecule has 0 aliphatic carbocycles. The molecular weight excluding hydrogens is 461 g/mol. The molecule has 4 rings (SSSR count). The van der Waals surface area contributed by atoms with Gasteiger partial charge in [0.15, 0.2) is 0 Å². The van der Waals surface area contributed by atoms with Crippen molar-refractivity contribution >= 4 is 52.3 Å². The predicted molar refractivity (Wildman–Crippen MR) is 131 cm³/mol. The Morgan fingerprint density at radius 2 is 1.79 bits per heavy atom. The van der Waals surface area contributed by atoms with Crippen molar-refractivity contribution in [2.24, 2.45) is 0 Å². The second-order valence-corrected chi connectivity index (χ2v) is 9.11. The van der Waals surface area contributed by atoms with E-state index >= 15 is 0 Å². The van der Waals surface area contributed by atoms with Crippen molar-refractivity contribution in [2.45, 2.75) is 45.6 Å². The molecule has 2 aliphatic rings. The van der Waals surface area contributed by atoms with Crippen LogP contribution < -0.4 is 10.2 Å². The maximum Gasteiger partial charge on any atom is 0.283 e. The molecule has 1 fully saturated rings. The van der Waals surface area contributed by atoms with Gasteiger partial charge in [0, 0.05) is 28.9 Å². The molecule has 1 atom stereocenters. The molecule has 1 saturated heterocycles. The van der Waals surface area contributed by atoms with Crippen molar-refractivity contribution in [1.82, 2.24) is 4.90 Å². The van der Waals surface area contributed by atoms with Crippen LogP contribution in [0.2, 0.25) is 5.02 Å². The maximum absolute atomic E-state index is 13.0. The Balaban J connectivity index is 1.50. The Labute approximate surface area is 203 Å². The van der Waals surface area contributed by atoms with E-state index in [1.54, 1.807) is 42.5 Å². The van der Waals surface area contributed by atoms with Crippen molar-refractivity contribution in [1.29, 1.82) is 0 Å². The van der Waals surface area contributed by atoms with E-state index in [1.165, 1.54) is 0 Å². The van der Waals surface area contributed by atoms with E-state index in [0.717, 1.165) is 42.7 Å². The lowest BCUT2D eigenvalue weighted by molar-refractivity contribution is -0.120. The SMILES string of the molecule is CCC1CCCCN1C(=O)c1ccc(NC2=C(Cl)C(=O)N(c3ccc(C)c(Cl)c3)C2=O)cc1. The minimum absolute atomic E-state index is 0.0138. The number of hydrogen-bond acceptors (Lipinski definition) is 4. The molecule has 2 heterocycles. The Morgan fingerprint density at radius 1 is 1.06 bits per heavy atom. The Kier molecular flexibility index (Phi) is 6.77. The predicted octanol–water partition coefficient (Wildman–Crippen LogP) is 5.49. The first-order valence-electron chi connectivity index (χ1n) is 11.0. The van der Waals surface area contributed by atoms with Crippen LogP contribution in [-0.4, -0.2) is 35.2 Å². The molecule has 3 amide bonds. The molecule has 2 aromatic rings. The van der Waals surface area contributed by atoms with E-state index in [4.69, 9.17) is 23.2 Å². The number of hydrogen-bond donors (Lipinski definition) is 1. The van der Waals surface area contributed by atoms with Gasteiger partial charge in [0.25, 0.3) is 17.7 Å². The fraction of sp³-hybridized carbons (Fsp3) is 0.320. The number of nitrogens with one attached hydrogen (secondary N) is 1. The average molecular weight is 486 g/mol. The lowest BCUT2D eigenvalue weighted by Gasteiger charge is -2.35. The highest BCUT2D eigenvalue weighted by atomic mass is 35.5. The zero-order valence-electron chi connectivity index (χ0n) is 18.5. The van der Waals surface area contributed by atoms with Crippen LogP contribution in [0.3, 0.4) is 0 Å². The van der Waals surface area contributed by atoms with Gasteiger partial charge in [-0.2, -0.15) is 0 Å². The van der Waals surface area contributed by atoms with Crippen LogP contribution in [0.4, 0.5) is 11.4 Å². The van der Waals surface area contributed by atoms with Crippen molar-refractivity contribution in [3.8, 4) is 0 Å². The molecule has 6 nitrogen and oxygen atoms in total. The highest BCUT2D eigenvalue weighted by Crippen LogP contribution is 2.32. The van der Waals surface area contributed by atoms with E-state index in [1.807, 2.05) is 11.8 Å². The van der Waals surface area contributed by atoms with Crippen LogP contribution in [0.5, 0.6) is 0 Å².